The summed E-state index contributed by atoms with van der Waals surface area (Å²) < 4.78 is 3.82. The number of hydrogen-bond acceptors (Lipinski definition) is 5. The summed E-state index contributed by atoms with van der Waals surface area (Å²) in [7, 11) is 1.93. The second-order valence-corrected chi connectivity index (χ2v) is 7.93. The summed E-state index contributed by atoms with van der Waals surface area (Å²) in [5, 5.41) is 26.0. The van der Waals surface area contributed by atoms with Gasteiger partial charge in [0.25, 0.3) is 0 Å². The Morgan fingerprint density at radius 3 is 2.87 bits per heavy atom. The van der Waals surface area contributed by atoms with Gasteiger partial charge in [-0.15, -0.1) is 5.10 Å². The number of para-hydroxylation sites is 1. The summed E-state index contributed by atoms with van der Waals surface area (Å²) in [6.45, 7) is 2.78. The molecule has 0 saturated carbocycles. The smallest absolute Gasteiger partial charge is 0.0918 e. The molecule has 0 radical (unpaired) electrons. The summed E-state index contributed by atoms with van der Waals surface area (Å²) in [6, 6.07) is 16.9. The number of nitrogens with one attached hydrogen (secondary N) is 1. The van der Waals surface area contributed by atoms with Crippen LogP contribution >= 0.6 is 0 Å². The van der Waals surface area contributed by atoms with E-state index in [1.807, 2.05) is 60.0 Å². The van der Waals surface area contributed by atoms with Gasteiger partial charge in [-0.05, 0) is 42.2 Å². The van der Waals surface area contributed by atoms with E-state index >= 15 is 0 Å². The fraction of sp³-hybridized carbons (Fsp3) is 0.250. The molecule has 2 aromatic heterocycles. The number of nitrogens with zero attached hydrogens (tertiary/aromatic N) is 6. The highest BCUT2D eigenvalue weighted by atomic mass is 15.4. The topological polar surface area (TPSA) is 84.3 Å². The van der Waals surface area contributed by atoms with E-state index in [2.05, 4.69) is 45.0 Å². The number of aromatic nitrogens is 5. The van der Waals surface area contributed by atoms with E-state index in [1.54, 1.807) is 0 Å². The van der Waals surface area contributed by atoms with Crippen molar-refractivity contribution in [1.82, 2.24) is 24.8 Å². The molecule has 31 heavy (non-hydrogen) atoms. The molecule has 0 fully saturated rings. The molecule has 154 valence electrons. The van der Waals surface area contributed by atoms with Crippen LogP contribution in [0.25, 0.3) is 22.4 Å². The Morgan fingerprint density at radius 1 is 1.19 bits per heavy atom. The van der Waals surface area contributed by atoms with Crippen molar-refractivity contribution in [3.8, 4) is 28.5 Å². The first-order chi connectivity index (χ1) is 15.1. The first-order valence-corrected chi connectivity index (χ1v) is 10.4. The van der Waals surface area contributed by atoms with Crippen LogP contribution in [-0.2, 0) is 20.0 Å². The molecule has 0 amide bonds. The van der Waals surface area contributed by atoms with Crippen LogP contribution in [0.15, 0.2) is 54.9 Å². The Morgan fingerprint density at radius 2 is 2.06 bits per heavy atom. The number of aryl methyl sites for hydroxylation is 3. The number of anilines is 1. The number of fused-ring (bicyclic) bond motifs is 3. The number of hydrogen-bond donors (Lipinski definition) is 1. The zero-order valence-electron chi connectivity index (χ0n) is 17.6. The molecule has 2 aromatic carbocycles. The second kappa shape index (κ2) is 7.73. The van der Waals surface area contributed by atoms with Crippen LogP contribution in [0.3, 0.4) is 0 Å². The summed E-state index contributed by atoms with van der Waals surface area (Å²) in [4.78, 5) is 0. The van der Waals surface area contributed by atoms with E-state index in [0.29, 0.717) is 6.42 Å². The van der Waals surface area contributed by atoms with Gasteiger partial charge in [0.1, 0.15) is 0 Å². The van der Waals surface area contributed by atoms with Crippen LogP contribution in [0.4, 0.5) is 5.69 Å². The third-order valence-corrected chi connectivity index (χ3v) is 5.87. The average molecular weight is 409 g/mol. The predicted octanol–water partition coefficient (Wildman–Crippen LogP) is 4.28. The first-order valence-electron chi connectivity index (χ1n) is 10.4. The van der Waals surface area contributed by atoms with Gasteiger partial charge in [0.15, 0.2) is 0 Å². The van der Waals surface area contributed by atoms with Gasteiger partial charge in [0.05, 0.1) is 36.1 Å². The largest absolute Gasteiger partial charge is 0.378 e. The van der Waals surface area contributed by atoms with Crippen LogP contribution in [0.2, 0.25) is 0 Å². The van der Waals surface area contributed by atoms with Crippen molar-refractivity contribution in [1.29, 1.82) is 5.26 Å². The SMILES string of the molecule is Cc1nnn2c1-c1ccc(-c3cnn(C)c3)cc1C(Nc1ccccc1CC#N)CC2. The van der Waals surface area contributed by atoms with Crippen LogP contribution in [-0.4, -0.2) is 24.8 Å². The van der Waals surface area contributed by atoms with E-state index in [-0.39, 0.29) is 6.04 Å². The van der Waals surface area contributed by atoms with Crippen molar-refractivity contribution in [2.75, 3.05) is 5.32 Å². The van der Waals surface area contributed by atoms with E-state index in [0.717, 1.165) is 52.3 Å². The lowest BCUT2D eigenvalue weighted by Gasteiger charge is -2.22. The van der Waals surface area contributed by atoms with E-state index in [4.69, 9.17) is 0 Å². The molecule has 0 spiro atoms. The second-order valence-electron chi connectivity index (χ2n) is 7.93. The van der Waals surface area contributed by atoms with Crippen LogP contribution in [0, 0.1) is 18.3 Å². The Labute approximate surface area is 180 Å². The highest BCUT2D eigenvalue weighted by Gasteiger charge is 2.26. The van der Waals surface area contributed by atoms with Gasteiger partial charge in [0.2, 0.25) is 0 Å². The lowest BCUT2D eigenvalue weighted by molar-refractivity contribution is 0.539. The monoisotopic (exact) mass is 409 g/mol. The van der Waals surface area contributed by atoms with E-state index in [1.165, 1.54) is 5.56 Å². The predicted molar refractivity (Wildman–Crippen MR) is 119 cm³/mol. The van der Waals surface area contributed by atoms with Crippen molar-refractivity contribution in [3.05, 3.63) is 71.7 Å². The first kappa shape index (κ1) is 19.1. The molecule has 1 N–H and O–H groups in total. The third kappa shape index (κ3) is 3.46. The Balaban J connectivity index is 1.63. The molecule has 1 aliphatic heterocycles. The van der Waals surface area contributed by atoms with E-state index in [9.17, 15) is 5.26 Å². The standard InChI is InChI=1S/C24H23N7/c1-16-24-20-8-7-18(19-14-26-30(2)15-19)13-21(20)23(10-12-31(24)29-28-16)27-22-6-4-3-5-17(22)9-11-25/h3-8,13-15,23,27H,9-10,12H2,1-2H3. The van der Waals surface area contributed by atoms with Crippen molar-refractivity contribution in [2.24, 2.45) is 7.05 Å². The van der Waals surface area contributed by atoms with Crippen molar-refractivity contribution in [2.45, 2.75) is 32.4 Å². The average Bonchev–Trinajstić information content (AvgIpc) is 3.33. The molecule has 3 heterocycles. The van der Waals surface area contributed by atoms with Crippen molar-refractivity contribution >= 4 is 5.69 Å². The highest BCUT2D eigenvalue weighted by Crippen LogP contribution is 2.39. The van der Waals surface area contributed by atoms with Crippen LogP contribution in [0.1, 0.15) is 29.3 Å². The molecule has 5 rings (SSSR count). The zero-order chi connectivity index (χ0) is 21.4. The fourth-order valence-corrected chi connectivity index (χ4v) is 4.35. The zero-order valence-corrected chi connectivity index (χ0v) is 17.6. The van der Waals surface area contributed by atoms with Crippen molar-refractivity contribution in [3.63, 3.8) is 0 Å². The molecule has 4 aromatic rings. The molecule has 1 aliphatic rings. The summed E-state index contributed by atoms with van der Waals surface area (Å²) >= 11 is 0. The van der Waals surface area contributed by atoms with Gasteiger partial charge < -0.3 is 5.32 Å². The summed E-state index contributed by atoms with van der Waals surface area (Å²) in [5.41, 5.74) is 8.57. The lowest BCUT2D eigenvalue weighted by Crippen LogP contribution is -2.14. The van der Waals surface area contributed by atoms with Crippen molar-refractivity contribution < 1.29 is 0 Å². The molecule has 1 unspecified atom stereocenters. The van der Waals surface area contributed by atoms with Crippen LogP contribution in [0.5, 0.6) is 0 Å². The molecular formula is C24H23N7. The van der Waals surface area contributed by atoms with Gasteiger partial charge in [-0.3, -0.25) is 4.68 Å². The normalized spacial score (nSPS) is 14.9. The van der Waals surface area contributed by atoms with Crippen LogP contribution < -0.4 is 5.32 Å². The minimum Gasteiger partial charge on any atom is -0.378 e. The minimum atomic E-state index is 0.0764. The maximum Gasteiger partial charge on any atom is 0.0918 e. The van der Waals surface area contributed by atoms with E-state index < -0.39 is 0 Å². The molecule has 7 nitrogen and oxygen atoms in total. The minimum absolute atomic E-state index is 0.0764. The third-order valence-electron chi connectivity index (χ3n) is 5.87. The number of benzene rings is 2. The number of rotatable bonds is 4. The Hall–Kier alpha value is -3.92. The number of nitriles is 1. The maximum atomic E-state index is 9.23. The van der Waals surface area contributed by atoms with Gasteiger partial charge in [0, 0.05) is 36.6 Å². The molecule has 1 atom stereocenters. The summed E-state index contributed by atoms with van der Waals surface area (Å²) in [5.74, 6) is 0. The Kier molecular flexibility index (Phi) is 4.75. The van der Waals surface area contributed by atoms with Gasteiger partial charge in [-0.2, -0.15) is 10.4 Å². The molecule has 7 heteroatoms. The van der Waals surface area contributed by atoms with Gasteiger partial charge in [-0.1, -0.05) is 35.5 Å². The summed E-state index contributed by atoms with van der Waals surface area (Å²) in [6.07, 6.45) is 5.16. The quantitative estimate of drug-likeness (QED) is 0.544. The van der Waals surface area contributed by atoms with Gasteiger partial charge >= 0.3 is 0 Å². The highest BCUT2D eigenvalue weighted by molar-refractivity contribution is 5.74. The van der Waals surface area contributed by atoms with Gasteiger partial charge in [-0.25, -0.2) is 4.68 Å². The molecule has 0 aliphatic carbocycles. The Bertz CT molecular complexity index is 1290. The fourth-order valence-electron chi connectivity index (χ4n) is 4.35. The maximum absolute atomic E-state index is 9.23. The lowest BCUT2D eigenvalue weighted by atomic mass is 9.92. The molecule has 0 saturated heterocycles. The molecular weight excluding hydrogens is 386 g/mol. The molecule has 0 bridgehead atoms.